The van der Waals surface area contributed by atoms with Gasteiger partial charge < -0.3 is 10.6 Å². The molecule has 0 radical (unpaired) electrons. The molecule has 2 N–H and O–H groups in total. The van der Waals surface area contributed by atoms with Gasteiger partial charge in [-0.15, -0.1) is 5.10 Å². The summed E-state index contributed by atoms with van der Waals surface area (Å²) in [6, 6.07) is 7.90. The molecule has 1 aromatic heterocycles. The van der Waals surface area contributed by atoms with Crippen molar-refractivity contribution in [1.82, 2.24) is 30.8 Å². The molecule has 1 aromatic carbocycles. The second-order valence-corrected chi connectivity index (χ2v) is 7.00. The summed E-state index contributed by atoms with van der Waals surface area (Å²) in [4.78, 5) is 12.3. The highest BCUT2D eigenvalue weighted by molar-refractivity contribution is 5.74. The summed E-state index contributed by atoms with van der Waals surface area (Å²) >= 11 is 0. The van der Waals surface area contributed by atoms with Crippen molar-refractivity contribution in [3.05, 3.63) is 35.7 Å². The minimum atomic E-state index is -0.542. The van der Waals surface area contributed by atoms with Crippen molar-refractivity contribution in [1.29, 1.82) is 0 Å². The minimum Gasteiger partial charge on any atom is -0.338 e. The number of carbonyl (C=O) groups excluding carboxylic acids is 1. The summed E-state index contributed by atoms with van der Waals surface area (Å²) in [6.07, 6.45) is 3.73. The van der Waals surface area contributed by atoms with Crippen LogP contribution in [0.5, 0.6) is 0 Å². The highest BCUT2D eigenvalue weighted by Crippen LogP contribution is 2.39. The Morgan fingerprint density at radius 1 is 1.28 bits per heavy atom. The van der Waals surface area contributed by atoms with E-state index in [1.165, 1.54) is 5.56 Å². The fourth-order valence-corrected chi connectivity index (χ4v) is 3.43. The largest absolute Gasteiger partial charge is 0.338 e. The molecular formula is C18H26N6O. The molecule has 25 heavy (non-hydrogen) atoms. The molecule has 0 spiro atoms. The lowest BCUT2D eigenvalue weighted by molar-refractivity contribution is 0.176. The van der Waals surface area contributed by atoms with Gasteiger partial charge in [0.05, 0.1) is 5.69 Å². The molecule has 1 aliphatic carbocycles. The standard InChI is InChI=1S/C18H26N6O/c1-4-19-17(25)20-18(11-9-14(3)10-12-18)16-21-22-23-24(16)15-7-5-13(2)6-8-15/h5-8,14H,4,9-12H2,1-3H3,(H2,19,20,25). The first kappa shape index (κ1) is 17.4. The van der Waals surface area contributed by atoms with Gasteiger partial charge in [0, 0.05) is 6.54 Å². The summed E-state index contributed by atoms with van der Waals surface area (Å²) in [7, 11) is 0. The van der Waals surface area contributed by atoms with Crippen LogP contribution in [0.2, 0.25) is 0 Å². The van der Waals surface area contributed by atoms with Crippen molar-refractivity contribution in [2.45, 2.75) is 52.0 Å². The minimum absolute atomic E-state index is 0.171. The van der Waals surface area contributed by atoms with Crippen molar-refractivity contribution in [3.63, 3.8) is 0 Å². The first-order valence-electron chi connectivity index (χ1n) is 8.96. The number of carbonyl (C=O) groups is 1. The topological polar surface area (TPSA) is 84.7 Å². The molecule has 2 aromatic rings. The monoisotopic (exact) mass is 342 g/mol. The van der Waals surface area contributed by atoms with Gasteiger partial charge in [-0.25, -0.2) is 4.79 Å². The lowest BCUT2D eigenvalue weighted by Crippen LogP contribution is -2.53. The number of nitrogens with zero attached hydrogens (tertiary/aromatic N) is 4. The van der Waals surface area contributed by atoms with Crippen molar-refractivity contribution in [3.8, 4) is 5.69 Å². The number of rotatable bonds is 4. The average molecular weight is 342 g/mol. The molecule has 0 saturated heterocycles. The lowest BCUT2D eigenvalue weighted by atomic mass is 9.76. The van der Waals surface area contributed by atoms with Crippen LogP contribution in [0.3, 0.4) is 0 Å². The van der Waals surface area contributed by atoms with Gasteiger partial charge in [0.15, 0.2) is 5.82 Å². The highest BCUT2D eigenvalue weighted by atomic mass is 16.2. The quantitative estimate of drug-likeness (QED) is 0.895. The van der Waals surface area contributed by atoms with Crippen LogP contribution >= 0.6 is 0 Å². The average Bonchev–Trinajstić information content (AvgIpc) is 3.08. The number of amides is 2. The van der Waals surface area contributed by atoms with E-state index in [9.17, 15) is 4.79 Å². The van der Waals surface area contributed by atoms with E-state index in [1.54, 1.807) is 4.68 Å². The number of aromatic nitrogens is 4. The van der Waals surface area contributed by atoms with Crippen LogP contribution in [-0.2, 0) is 5.54 Å². The molecule has 1 aliphatic rings. The normalized spacial score (nSPS) is 23.2. The van der Waals surface area contributed by atoms with E-state index in [4.69, 9.17) is 0 Å². The van der Waals surface area contributed by atoms with Crippen LogP contribution < -0.4 is 10.6 Å². The van der Waals surface area contributed by atoms with Gasteiger partial charge in [0.1, 0.15) is 5.54 Å². The Morgan fingerprint density at radius 2 is 1.96 bits per heavy atom. The van der Waals surface area contributed by atoms with Gasteiger partial charge in [0.25, 0.3) is 0 Å². The molecule has 0 atom stereocenters. The van der Waals surface area contributed by atoms with Gasteiger partial charge >= 0.3 is 6.03 Å². The van der Waals surface area contributed by atoms with Gasteiger partial charge in [-0.3, -0.25) is 0 Å². The third-order valence-electron chi connectivity index (χ3n) is 4.99. The third kappa shape index (κ3) is 3.65. The molecule has 7 nitrogen and oxygen atoms in total. The first-order chi connectivity index (χ1) is 12.0. The number of urea groups is 1. The zero-order valence-electron chi connectivity index (χ0n) is 15.1. The van der Waals surface area contributed by atoms with Crippen LogP contribution in [-0.4, -0.2) is 32.8 Å². The van der Waals surface area contributed by atoms with E-state index >= 15 is 0 Å². The molecule has 7 heteroatoms. The number of tetrazole rings is 1. The molecular weight excluding hydrogens is 316 g/mol. The fourth-order valence-electron chi connectivity index (χ4n) is 3.43. The Balaban J connectivity index is 1.98. The van der Waals surface area contributed by atoms with Crippen molar-refractivity contribution in [2.75, 3.05) is 6.54 Å². The zero-order chi connectivity index (χ0) is 17.9. The van der Waals surface area contributed by atoms with E-state index in [0.29, 0.717) is 18.3 Å². The maximum absolute atomic E-state index is 12.3. The predicted octanol–water partition coefficient (Wildman–Crippen LogP) is 2.70. The summed E-state index contributed by atoms with van der Waals surface area (Å²) in [5, 5.41) is 18.4. The molecule has 2 amide bonds. The zero-order valence-corrected chi connectivity index (χ0v) is 15.1. The van der Waals surface area contributed by atoms with Gasteiger partial charge in [-0.1, -0.05) is 24.6 Å². The molecule has 0 aliphatic heterocycles. The van der Waals surface area contributed by atoms with E-state index in [0.717, 1.165) is 31.4 Å². The van der Waals surface area contributed by atoms with Crippen LogP contribution in [0.25, 0.3) is 5.69 Å². The number of hydrogen-bond donors (Lipinski definition) is 2. The van der Waals surface area contributed by atoms with Crippen molar-refractivity contribution < 1.29 is 4.79 Å². The Bertz CT molecular complexity index is 715. The maximum atomic E-state index is 12.3. The predicted molar refractivity (Wildman–Crippen MR) is 95.4 cm³/mol. The lowest BCUT2D eigenvalue weighted by Gasteiger charge is -2.38. The van der Waals surface area contributed by atoms with E-state index in [-0.39, 0.29) is 6.03 Å². The van der Waals surface area contributed by atoms with Crippen LogP contribution in [0, 0.1) is 12.8 Å². The number of benzene rings is 1. The second-order valence-electron chi connectivity index (χ2n) is 7.00. The number of hydrogen-bond acceptors (Lipinski definition) is 4. The summed E-state index contributed by atoms with van der Waals surface area (Å²) in [5.41, 5.74) is 1.54. The van der Waals surface area contributed by atoms with Gasteiger partial charge in [0.2, 0.25) is 0 Å². The Kier molecular flexibility index (Phi) is 5.01. The highest BCUT2D eigenvalue weighted by Gasteiger charge is 2.42. The smallest absolute Gasteiger partial charge is 0.315 e. The third-order valence-corrected chi connectivity index (χ3v) is 4.99. The maximum Gasteiger partial charge on any atom is 0.315 e. The Hall–Kier alpha value is -2.44. The van der Waals surface area contributed by atoms with Crippen molar-refractivity contribution in [2.24, 2.45) is 5.92 Å². The van der Waals surface area contributed by atoms with E-state index in [2.05, 4.69) is 33.1 Å². The molecule has 1 heterocycles. The van der Waals surface area contributed by atoms with Crippen LogP contribution in [0.15, 0.2) is 24.3 Å². The number of aryl methyl sites for hydroxylation is 1. The molecule has 3 rings (SSSR count). The van der Waals surface area contributed by atoms with E-state index < -0.39 is 5.54 Å². The summed E-state index contributed by atoms with van der Waals surface area (Å²) in [6.45, 7) is 6.79. The molecule has 134 valence electrons. The Labute approximate surface area is 148 Å². The molecule has 0 unspecified atom stereocenters. The SMILES string of the molecule is CCNC(=O)NC1(c2nnnn2-c2ccc(C)cc2)CCC(C)CC1. The fraction of sp³-hybridized carbons (Fsp3) is 0.556. The van der Waals surface area contributed by atoms with Crippen LogP contribution in [0.1, 0.15) is 50.9 Å². The second kappa shape index (κ2) is 7.21. The molecule has 1 fully saturated rings. The molecule has 0 bridgehead atoms. The van der Waals surface area contributed by atoms with Gasteiger partial charge in [-0.05, 0) is 68.0 Å². The Morgan fingerprint density at radius 3 is 2.60 bits per heavy atom. The summed E-state index contributed by atoms with van der Waals surface area (Å²) < 4.78 is 1.75. The van der Waals surface area contributed by atoms with Crippen molar-refractivity contribution >= 4 is 6.03 Å². The first-order valence-corrected chi connectivity index (χ1v) is 8.96. The van der Waals surface area contributed by atoms with Gasteiger partial charge in [-0.2, -0.15) is 4.68 Å². The molecule has 1 saturated carbocycles. The summed E-state index contributed by atoms with van der Waals surface area (Å²) in [5.74, 6) is 1.35. The van der Waals surface area contributed by atoms with Crippen LogP contribution in [0.4, 0.5) is 4.79 Å². The number of nitrogens with one attached hydrogen (secondary N) is 2. The van der Waals surface area contributed by atoms with E-state index in [1.807, 2.05) is 38.1 Å².